The molecular weight excluding hydrogens is 302 g/mol. The number of anilines is 2. The number of H-pyrrole nitrogens is 1. The number of aryl methyl sites for hydroxylation is 1. The van der Waals surface area contributed by atoms with Gasteiger partial charge in [-0.05, 0) is 50.1 Å². The first-order chi connectivity index (χ1) is 11.6. The first-order valence-electron chi connectivity index (χ1n) is 8.50. The van der Waals surface area contributed by atoms with E-state index in [1.807, 2.05) is 18.2 Å². The van der Waals surface area contributed by atoms with Crippen molar-refractivity contribution in [3.8, 4) is 0 Å². The predicted molar refractivity (Wildman–Crippen MR) is 96.9 cm³/mol. The number of rotatable bonds is 3. The van der Waals surface area contributed by atoms with Crippen LogP contribution in [0.3, 0.4) is 0 Å². The number of aromatic nitrogens is 1. The number of carbonyl (C=O) groups is 1. The molecule has 0 unspecified atom stereocenters. The van der Waals surface area contributed by atoms with Gasteiger partial charge in [-0.3, -0.25) is 9.59 Å². The van der Waals surface area contributed by atoms with E-state index in [-0.39, 0.29) is 17.0 Å². The summed E-state index contributed by atoms with van der Waals surface area (Å²) in [5.41, 5.74) is 2.32. The van der Waals surface area contributed by atoms with Crippen molar-refractivity contribution in [2.24, 2.45) is 0 Å². The highest BCUT2D eigenvalue weighted by Gasteiger charge is 2.13. The molecule has 24 heavy (non-hydrogen) atoms. The van der Waals surface area contributed by atoms with Crippen molar-refractivity contribution < 1.29 is 4.79 Å². The number of hydrogen-bond acceptors (Lipinski definition) is 3. The molecule has 2 N–H and O–H groups in total. The van der Waals surface area contributed by atoms with Gasteiger partial charge in [0.1, 0.15) is 5.56 Å². The third kappa shape index (κ3) is 3.85. The van der Waals surface area contributed by atoms with Gasteiger partial charge in [-0.25, -0.2) is 0 Å². The lowest BCUT2D eigenvalue weighted by Gasteiger charge is -2.23. The Balaban J connectivity index is 1.76. The molecule has 5 nitrogen and oxygen atoms in total. The van der Waals surface area contributed by atoms with Gasteiger partial charge in [0.05, 0.1) is 0 Å². The smallest absolute Gasteiger partial charge is 0.261 e. The lowest BCUT2D eigenvalue weighted by Crippen LogP contribution is -2.25. The summed E-state index contributed by atoms with van der Waals surface area (Å²) in [6, 6.07) is 11.1. The van der Waals surface area contributed by atoms with E-state index in [1.165, 1.54) is 25.7 Å². The summed E-state index contributed by atoms with van der Waals surface area (Å²) in [5, 5.41) is 2.83. The number of benzene rings is 1. The van der Waals surface area contributed by atoms with Crippen LogP contribution in [-0.4, -0.2) is 24.0 Å². The Morgan fingerprint density at radius 3 is 2.54 bits per heavy atom. The zero-order chi connectivity index (χ0) is 16.9. The molecule has 0 aliphatic carbocycles. The van der Waals surface area contributed by atoms with E-state index in [9.17, 15) is 9.59 Å². The average molecular weight is 325 g/mol. The van der Waals surface area contributed by atoms with Gasteiger partial charge in [-0.2, -0.15) is 0 Å². The highest BCUT2D eigenvalue weighted by atomic mass is 16.2. The number of nitrogens with one attached hydrogen (secondary N) is 2. The maximum atomic E-state index is 12.3. The van der Waals surface area contributed by atoms with E-state index in [4.69, 9.17) is 0 Å². The van der Waals surface area contributed by atoms with Crippen LogP contribution >= 0.6 is 0 Å². The Morgan fingerprint density at radius 1 is 1.08 bits per heavy atom. The molecule has 126 valence electrons. The van der Waals surface area contributed by atoms with Crippen LogP contribution < -0.4 is 15.8 Å². The SMILES string of the molecule is Cc1ccc(C(=O)Nc2cccc(N3CCCCCC3)c2)c(=O)[nH]1. The third-order valence-corrected chi connectivity index (χ3v) is 4.38. The molecule has 0 atom stereocenters. The fraction of sp³-hybridized carbons (Fsp3) is 0.368. The second-order valence-electron chi connectivity index (χ2n) is 6.29. The Hall–Kier alpha value is -2.56. The van der Waals surface area contributed by atoms with Crippen LogP contribution in [0, 0.1) is 6.92 Å². The summed E-state index contributed by atoms with van der Waals surface area (Å²) in [6.45, 7) is 3.89. The van der Waals surface area contributed by atoms with Crippen LogP contribution in [0.25, 0.3) is 0 Å². The van der Waals surface area contributed by atoms with Gasteiger partial charge in [0.25, 0.3) is 11.5 Å². The summed E-state index contributed by atoms with van der Waals surface area (Å²) in [7, 11) is 0. The Labute approximate surface area is 141 Å². The number of hydrogen-bond donors (Lipinski definition) is 2. The third-order valence-electron chi connectivity index (χ3n) is 4.38. The number of pyridine rings is 1. The quantitative estimate of drug-likeness (QED) is 0.910. The molecule has 1 amide bonds. The maximum absolute atomic E-state index is 12.3. The van der Waals surface area contributed by atoms with E-state index in [1.54, 1.807) is 19.1 Å². The highest BCUT2D eigenvalue weighted by Crippen LogP contribution is 2.23. The molecule has 0 radical (unpaired) electrons. The molecule has 0 spiro atoms. The van der Waals surface area contributed by atoms with E-state index in [0.29, 0.717) is 5.69 Å². The number of nitrogens with zero attached hydrogens (tertiary/aromatic N) is 1. The molecule has 1 aliphatic heterocycles. The molecule has 2 aromatic rings. The van der Waals surface area contributed by atoms with E-state index < -0.39 is 0 Å². The fourth-order valence-corrected chi connectivity index (χ4v) is 3.06. The minimum absolute atomic E-state index is 0.126. The summed E-state index contributed by atoms with van der Waals surface area (Å²) in [5.74, 6) is -0.385. The van der Waals surface area contributed by atoms with Crippen molar-refractivity contribution in [2.45, 2.75) is 32.6 Å². The highest BCUT2D eigenvalue weighted by molar-refractivity contribution is 6.04. The largest absolute Gasteiger partial charge is 0.371 e. The van der Waals surface area contributed by atoms with Gasteiger partial charge < -0.3 is 15.2 Å². The molecule has 1 aromatic carbocycles. The normalized spacial score (nSPS) is 15.0. The monoisotopic (exact) mass is 325 g/mol. The second-order valence-corrected chi connectivity index (χ2v) is 6.29. The second kappa shape index (κ2) is 7.34. The van der Waals surface area contributed by atoms with Gasteiger partial charge in [0.2, 0.25) is 0 Å². The van der Waals surface area contributed by atoms with Gasteiger partial charge in [-0.1, -0.05) is 18.9 Å². The summed E-state index contributed by atoms with van der Waals surface area (Å²) in [4.78, 5) is 29.3. The number of amides is 1. The summed E-state index contributed by atoms with van der Waals surface area (Å²) < 4.78 is 0. The van der Waals surface area contributed by atoms with Crippen LogP contribution in [0.4, 0.5) is 11.4 Å². The molecular formula is C19H23N3O2. The molecule has 1 fully saturated rings. The van der Waals surface area contributed by atoms with E-state index in [0.717, 1.165) is 24.5 Å². The number of aromatic amines is 1. The zero-order valence-electron chi connectivity index (χ0n) is 14.0. The fourth-order valence-electron chi connectivity index (χ4n) is 3.06. The van der Waals surface area contributed by atoms with Gasteiger partial charge in [-0.15, -0.1) is 0 Å². The minimum Gasteiger partial charge on any atom is -0.371 e. The Morgan fingerprint density at radius 2 is 1.83 bits per heavy atom. The lowest BCUT2D eigenvalue weighted by molar-refractivity contribution is 0.102. The van der Waals surface area contributed by atoms with Gasteiger partial charge >= 0.3 is 0 Å². The van der Waals surface area contributed by atoms with Crippen molar-refractivity contribution >= 4 is 17.3 Å². The van der Waals surface area contributed by atoms with E-state index >= 15 is 0 Å². The molecule has 1 aliphatic rings. The molecule has 3 rings (SSSR count). The van der Waals surface area contributed by atoms with Crippen LogP contribution in [0.5, 0.6) is 0 Å². The summed E-state index contributed by atoms with van der Waals surface area (Å²) >= 11 is 0. The van der Waals surface area contributed by atoms with E-state index in [2.05, 4.69) is 21.3 Å². The van der Waals surface area contributed by atoms with Crippen molar-refractivity contribution in [1.29, 1.82) is 0 Å². The topological polar surface area (TPSA) is 65.2 Å². The summed E-state index contributed by atoms with van der Waals surface area (Å²) in [6.07, 6.45) is 4.97. The average Bonchev–Trinajstić information content (AvgIpc) is 2.84. The minimum atomic E-state index is -0.385. The van der Waals surface area contributed by atoms with Crippen LogP contribution in [0.15, 0.2) is 41.2 Å². The van der Waals surface area contributed by atoms with Crippen molar-refractivity contribution in [1.82, 2.24) is 4.98 Å². The Kier molecular flexibility index (Phi) is 4.99. The van der Waals surface area contributed by atoms with Crippen molar-refractivity contribution in [3.05, 3.63) is 58.0 Å². The molecule has 1 saturated heterocycles. The lowest BCUT2D eigenvalue weighted by atomic mass is 10.2. The standard InChI is InChI=1S/C19H23N3O2/c1-14-9-10-17(18(23)20-14)19(24)21-15-7-6-8-16(13-15)22-11-4-2-3-5-12-22/h6-10,13H,2-5,11-12H2,1H3,(H,20,23)(H,21,24). The van der Waals surface area contributed by atoms with Gasteiger partial charge in [0.15, 0.2) is 0 Å². The van der Waals surface area contributed by atoms with Crippen LogP contribution in [-0.2, 0) is 0 Å². The van der Waals surface area contributed by atoms with Crippen LogP contribution in [0.2, 0.25) is 0 Å². The first kappa shape index (κ1) is 16.3. The molecule has 0 saturated carbocycles. The molecule has 1 aromatic heterocycles. The molecule has 0 bridgehead atoms. The predicted octanol–water partition coefficient (Wildman–Crippen LogP) is 3.32. The number of carbonyl (C=O) groups excluding carboxylic acids is 1. The van der Waals surface area contributed by atoms with Gasteiger partial charge in [0, 0.05) is 30.2 Å². The molecule has 5 heteroatoms. The maximum Gasteiger partial charge on any atom is 0.261 e. The van der Waals surface area contributed by atoms with Crippen LogP contribution in [0.1, 0.15) is 41.7 Å². The first-order valence-corrected chi connectivity index (χ1v) is 8.50. The van der Waals surface area contributed by atoms with Crippen molar-refractivity contribution in [3.63, 3.8) is 0 Å². The molecule has 2 heterocycles. The van der Waals surface area contributed by atoms with Crippen molar-refractivity contribution in [2.75, 3.05) is 23.3 Å². The Bertz CT molecular complexity index is 774. The zero-order valence-corrected chi connectivity index (χ0v) is 14.0.